The second kappa shape index (κ2) is 5.27. The van der Waals surface area contributed by atoms with Gasteiger partial charge in [-0.1, -0.05) is 36.8 Å². The largest absolute Gasteiger partial charge is 0.307 e. The van der Waals surface area contributed by atoms with Gasteiger partial charge in [-0.15, -0.1) is 0 Å². The van der Waals surface area contributed by atoms with Crippen LogP contribution in [0, 0.1) is 0 Å². The topological polar surface area (TPSA) is 37.8 Å². The molecular formula is C15H17N3. The number of piperidine rings is 1. The molecule has 3 rings (SSSR count). The van der Waals surface area contributed by atoms with Gasteiger partial charge in [-0.2, -0.15) is 0 Å². The first-order valence-electron chi connectivity index (χ1n) is 6.54. The van der Waals surface area contributed by atoms with Crippen molar-refractivity contribution in [2.75, 3.05) is 6.54 Å². The normalized spacial score (nSPS) is 19.7. The summed E-state index contributed by atoms with van der Waals surface area (Å²) in [4.78, 5) is 9.01. The van der Waals surface area contributed by atoms with Crippen LogP contribution in [-0.4, -0.2) is 16.5 Å². The van der Waals surface area contributed by atoms with Crippen LogP contribution in [0.4, 0.5) is 0 Å². The lowest BCUT2D eigenvalue weighted by atomic mass is 10.0. The van der Waals surface area contributed by atoms with E-state index in [2.05, 4.69) is 27.4 Å². The fraction of sp³-hybridized carbons (Fsp3) is 0.333. The zero-order chi connectivity index (χ0) is 12.2. The Morgan fingerprint density at radius 2 is 1.72 bits per heavy atom. The van der Waals surface area contributed by atoms with Gasteiger partial charge in [0.2, 0.25) is 0 Å². The van der Waals surface area contributed by atoms with E-state index in [0.29, 0.717) is 6.04 Å². The molecule has 1 atom stereocenters. The summed E-state index contributed by atoms with van der Waals surface area (Å²) in [7, 11) is 0. The van der Waals surface area contributed by atoms with E-state index in [9.17, 15) is 0 Å². The Kier molecular flexibility index (Phi) is 3.33. The van der Waals surface area contributed by atoms with Gasteiger partial charge in [0.05, 0.1) is 6.04 Å². The number of nitrogens with one attached hydrogen (secondary N) is 1. The van der Waals surface area contributed by atoms with Gasteiger partial charge >= 0.3 is 0 Å². The standard InChI is InChI=1S/C15H17N3/c1-2-6-12(7-3-1)13-10-17-15(18-11-13)14-8-4-5-9-16-14/h1-3,6-7,10-11,14,16H,4-5,8-9H2. The number of hydrogen-bond acceptors (Lipinski definition) is 3. The Labute approximate surface area is 107 Å². The highest BCUT2D eigenvalue weighted by Gasteiger charge is 2.16. The minimum absolute atomic E-state index is 0.337. The van der Waals surface area contributed by atoms with Crippen molar-refractivity contribution in [3.05, 3.63) is 48.5 Å². The maximum Gasteiger partial charge on any atom is 0.145 e. The molecule has 0 aliphatic carbocycles. The number of rotatable bonds is 2. The second-order valence-electron chi connectivity index (χ2n) is 4.70. The number of hydrogen-bond donors (Lipinski definition) is 1. The van der Waals surface area contributed by atoms with Gasteiger partial charge in [-0.25, -0.2) is 9.97 Å². The van der Waals surface area contributed by atoms with E-state index >= 15 is 0 Å². The van der Waals surface area contributed by atoms with Gasteiger partial charge < -0.3 is 5.32 Å². The van der Waals surface area contributed by atoms with Gasteiger partial charge in [-0.3, -0.25) is 0 Å². The summed E-state index contributed by atoms with van der Waals surface area (Å²) < 4.78 is 0. The van der Waals surface area contributed by atoms with Crippen molar-refractivity contribution in [3.8, 4) is 11.1 Å². The molecule has 1 aliphatic rings. The monoisotopic (exact) mass is 239 g/mol. The third-order valence-electron chi connectivity index (χ3n) is 3.40. The lowest BCUT2D eigenvalue weighted by molar-refractivity contribution is 0.397. The van der Waals surface area contributed by atoms with E-state index in [1.165, 1.54) is 18.4 Å². The molecule has 3 heteroatoms. The SMILES string of the molecule is c1ccc(-c2cnc(C3CCCCN3)nc2)cc1. The molecular weight excluding hydrogens is 222 g/mol. The molecule has 1 N–H and O–H groups in total. The van der Waals surface area contributed by atoms with Crippen LogP contribution >= 0.6 is 0 Å². The molecule has 0 spiro atoms. The zero-order valence-corrected chi connectivity index (χ0v) is 10.3. The molecule has 1 saturated heterocycles. The summed E-state index contributed by atoms with van der Waals surface area (Å²) in [5, 5.41) is 3.47. The van der Waals surface area contributed by atoms with Crippen LogP contribution in [0.5, 0.6) is 0 Å². The Morgan fingerprint density at radius 3 is 2.39 bits per heavy atom. The molecule has 0 saturated carbocycles. The van der Waals surface area contributed by atoms with E-state index in [0.717, 1.165) is 24.4 Å². The van der Waals surface area contributed by atoms with Crippen LogP contribution < -0.4 is 5.32 Å². The van der Waals surface area contributed by atoms with Crippen molar-refractivity contribution in [1.29, 1.82) is 0 Å². The Hall–Kier alpha value is -1.74. The van der Waals surface area contributed by atoms with Crippen LogP contribution in [0.15, 0.2) is 42.7 Å². The summed E-state index contributed by atoms with van der Waals surface area (Å²) in [6.45, 7) is 1.08. The summed E-state index contributed by atoms with van der Waals surface area (Å²) in [5.74, 6) is 0.925. The molecule has 92 valence electrons. The van der Waals surface area contributed by atoms with Crippen molar-refractivity contribution < 1.29 is 0 Å². The fourth-order valence-corrected chi connectivity index (χ4v) is 2.37. The maximum atomic E-state index is 4.51. The van der Waals surface area contributed by atoms with Crippen molar-refractivity contribution in [2.45, 2.75) is 25.3 Å². The van der Waals surface area contributed by atoms with E-state index in [1.807, 2.05) is 30.6 Å². The Balaban J connectivity index is 1.80. The van der Waals surface area contributed by atoms with Crippen LogP contribution in [0.2, 0.25) is 0 Å². The maximum absolute atomic E-state index is 4.51. The Bertz CT molecular complexity index is 487. The van der Waals surface area contributed by atoms with E-state index in [-0.39, 0.29) is 0 Å². The molecule has 18 heavy (non-hydrogen) atoms. The molecule has 1 aliphatic heterocycles. The van der Waals surface area contributed by atoms with Gasteiger partial charge in [0.25, 0.3) is 0 Å². The molecule has 0 radical (unpaired) electrons. The molecule has 1 fully saturated rings. The molecule has 3 nitrogen and oxygen atoms in total. The first-order chi connectivity index (χ1) is 8.93. The summed E-state index contributed by atoms with van der Waals surface area (Å²) >= 11 is 0. The average Bonchev–Trinajstić information content (AvgIpc) is 2.49. The molecule has 2 aromatic rings. The summed E-state index contributed by atoms with van der Waals surface area (Å²) in [6.07, 6.45) is 7.52. The first kappa shape index (κ1) is 11.4. The smallest absolute Gasteiger partial charge is 0.145 e. The van der Waals surface area contributed by atoms with Crippen LogP contribution in [0.25, 0.3) is 11.1 Å². The van der Waals surface area contributed by atoms with Gasteiger partial charge in [0, 0.05) is 18.0 Å². The average molecular weight is 239 g/mol. The number of aromatic nitrogens is 2. The van der Waals surface area contributed by atoms with Crippen LogP contribution in [0.3, 0.4) is 0 Å². The highest BCUT2D eigenvalue weighted by Crippen LogP contribution is 2.22. The van der Waals surface area contributed by atoms with Gasteiger partial charge in [-0.05, 0) is 24.9 Å². The first-order valence-corrected chi connectivity index (χ1v) is 6.54. The Morgan fingerprint density at radius 1 is 0.944 bits per heavy atom. The minimum atomic E-state index is 0.337. The third-order valence-corrected chi connectivity index (χ3v) is 3.40. The number of benzene rings is 1. The predicted octanol–water partition coefficient (Wildman–Crippen LogP) is 2.96. The molecule has 2 heterocycles. The van der Waals surface area contributed by atoms with Crippen molar-refractivity contribution in [3.63, 3.8) is 0 Å². The van der Waals surface area contributed by atoms with Crippen molar-refractivity contribution in [2.24, 2.45) is 0 Å². The quantitative estimate of drug-likeness (QED) is 0.875. The number of nitrogens with zero attached hydrogens (tertiary/aromatic N) is 2. The third kappa shape index (κ3) is 2.41. The molecule has 1 aromatic heterocycles. The highest BCUT2D eigenvalue weighted by molar-refractivity contribution is 5.60. The lowest BCUT2D eigenvalue weighted by Crippen LogP contribution is -2.28. The predicted molar refractivity (Wildman–Crippen MR) is 72.1 cm³/mol. The van der Waals surface area contributed by atoms with Gasteiger partial charge in [0.15, 0.2) is 0 Å². The van der Waals surface area contributed by atoms with E-state index in [4.69, 9.17) is 0 Å². The lowest BCUT2D eigenvalue weighted by Gasteiger charge is -2.21. The van der Waals surface area contributed by atoms with Crippen molar-refractivity contribution in [1.82, 2.24) is 15.3 Å². The van der Waals surface area contributed by atoms with Gasteiger partial charge in [0.1, 0.15) is 5.82 Å². The molecule has 1 unspecified atom stereocenters. The molecule has 1 aromatic carbocycles. The molecule has 0 bridgehead atoms. The summed E-state index contributed by atoms with van der Waals surface area (Å²) in [6, 6.07) is 10.6. The highest BCUT2D eigenvalue weighted by atomic mass is 15.0. The fourth-order valence-electron chi connectivity index (χ4n) is 2.37. The second-order valence-corrected chi connectivity index (χ2v) is 4.70. The zero-order valence-electron chi connectivity index (χ0n) is 10.3. The molecule has 0 amide bonds. The van der Waals surface area contributed by atoms with Crippen LogP contribution in [0.1, 0.15) is 31.1 Å². The van der Waals surface area contributed by atoms with E-state index in [1.54, 1.807) is 0 Å². The minimum Gasteiger partial charge on any atom is -0.307 e. The van der Waals surface area contributed by atoms with Crippen LogP contribution in [-0.2, 0) is 0 Å². The summed E-state index contributed by atoms with van der Waals surface area (Å²) in [5.41, 5.74) is 2.25. The van der Waals surface area contributed by atoms with Crippen molar-refractivity contribution >= 4 is 0 Å². The van der Waals surface area contributed by atoms with E-state index < -0.39 is 0 Å².